The molecule has 1 aliphatic heterocycles. The van der Waals surface area contributed by atoms with Crippen LogP contribution in [0.3, 0.4) is 0 Å². The zero-order chi connectivity index (χ0) is 23.7. The van der Waals surface area contributed by atoms with E-state index in [0.717, 1.165) is 38.2 Å². The Morgan fingerprint density at radius 1 is 1.24 bits per heavy atom. The second-order valence-corrected chi connectivity index (χ2v) is 10.1. The highest BCUT2D eigenvalue weighted by atomic mass is 35.5. The van der Waals surface area contributed by atoms with Crippen LogP contribution in [0, 0.1) is 11.7 Å². The summed E-state index contributed by atoms with van der Waals surface area (Å²) in [7, 11) is 0. The van der Waals surface area contributed by atoms with Gasteiger partial charge >= 0.3 is 5.97 Å². The number of nitrogens with zero attached hydrogens (tertiary/aromatic N) is 1. The fourth-order valence-electron chi connectivity index (χ4n) is 5.72. The molecule has 0 saturated heterocycles. The zero-order valence-corrected chi connectivity index (χ0v) is 19.8. The van der Waals surface area contributed by atoms with Crippen molar-refractivity contribution < 1.29 is 23.5 Å². The minimum absolute atomic E-state index is 0.0101. The van der Waals surface area contributed by atoms with E-state index in [1.165, 1.54) is 12.1 Å². The highest BCUT2D eigenvalue weighted by Gasteiger charge is 2.69. The third-order valence-electron chi connectivity index (χ3n) is 6.80. The van der Waals surface area contributed by atoms with Gasteiger partial charge in [0.25, 0.3) is 5.91 Å². The summed E-state index contributed by atoms with van der Waals surface area (Å²) in [5.41, 5.74) is -0.605. The first-order valence-electron chi connectivity index (χ1n) is 11.6. The number of esters is 1. The van der Waals surface area contributed by atoms with Gasteiger partial charge in [0.2, 0.25) is 0 Å². The Kier molecular flexibility index (Phi) is 6.69. The third kappa shape index (κ3) is 5.01. The van der Waals surface area contributed by atoms with Crippen LogP contribution in [0.1, 0.15) is 52.4 Å². The van der Waals surface area contributed by atoms with Crippen molar-refractivity contribution in [3.63, 3.8) is 0 Å². The van der Waals surface area contributed by atoms with Gasteiger partial charge in [0, 0.05) is 23.4 Å². The van der Waals surface area contributed by atoms with Crippen LogP contribution >= 0.6 is 11.6 Å². The first-order valence-corrected chi connectivity index (χ1v) is 12.0. The summed E-state index contributed by atoms with van der Waals surface area (Å²) >= 11 is 5.67. The Labute approximate surface area is 198 Å². The molecule has 2 N–H and O–H groups in total. The number of amides is 1. The minimum Gasteiger partial charge on any atom is -0.484 e. The normalized spacial score (nSPS) is 31.8. The van der Waals surface area contributed by atoms with Crippen LogP contribution < -0.4 is 15.4 Å². The molecule has 7 nitrogen and oxygen atoms in total. The van der Waals surface area contributed by atoms with Crippen molar-refractivity contribution in [2.24, 2.45) is 10.9 Å². The molecule has 2 bridgehead atoms. The van der Waals surface area contributed by atoms with Crippen LogP contribution in [-0.4, -0.2) is 54.5 Å². The number of hydrogen-bond acceptors (Lipinski definition) is 6. The number of benzene rings is 1. The third-order valence-corrected chi connectivity index (χ3v) is 7.11. The molecule has 2 unspecified atom stereocenters. The van der Waals surface area contributed by atoms with Crippen molar-refractivity contribution >= 4 is 29.7 Å². The number of carbonyl (C=O) groups is 2. The number of halogens is 2. The van der Waals surface area contributed by atoms with E-state index in [4.69, 9.17) is 21.1 Å². The summed E-state index contributed by atoms with van der Waals surface area (Å²) in [5.74, 6) is -0.969. The van der Waals surface area contributed by atoms with Gasteiger partial charge in [-0.15, -0.1) is 0 Å². The predicted octanol–water partition coefficient (Wildman–Crippen LogP) is 3.43. The first-order chi connectivity index (χ1) is 15.7. The van der Waals surface area contributed by atoms with E-state index in [2.05, 4.69) is 22.5 Å². The van der Waals surface area contributed by atoms with Gasteiger partial charge in [-0.05, 0) is 51.2 Å². The van der Waals surface area contributed by atoms with E-state index in [0.29, 0.717) is 19.6 Å². The summed E-state index contributed by atoms with van der Waals surface area (Å²) in [5, 5.41) is 6.90. The number of nitrogens with one attached hydrogen (secondary N) is 2. The fourth-order valence-corrected chi connectivity index (χ4v) is 5.83. The lowest BCUT2D eigenvalue weighted by atomic mass is 9.43. The summed E-state index contributed by atoms with van der Waals surface area (Å²) in [4.78, 5) is 29.2. The van der Waals surface area contributed by atoms with Crippen LogP contribution in [0.15, 0.2) is 23.2 Å². The van der Waals surface area contributed by atoms with Crippen molar-refractivity contribution in [3.05, 3.63) is 29.0 Å². The molecule has 33 heavy (non-hydrogen) atoms. The highest BCUT2D eigenvalue weighted by molar-refractivity contribution is 6.30. The first kappa shape index (κ1) is 24.0. The molecule has 3 saturated carbocycles. The van der Waals surface area contributed by atoms with Gasteiger partial charge in [0.05, 0.1) is 29.6 Å². The quantitative estimate of drug-likeness (QED) is 0.502. The molecule has 180 valence electrons. The molecule has 1 aromatic rings. The molecule has 1 aromatic carbocycles. The van der Waals surface area contributed by atoms with Crippen LogP contribution in [0.2, 0.25) is 5.02 Å². The van der Waals surface area contributed by atoms with E-state index in [1.807, 2.05) is 13.1 Å². The number of carbonyl (C=O) groups excluding carboxylic acids is 2. The van der Waals surface area contributed by atoms with E-state index in [1.54, 1.807) is 0 Å². The molecule has 1 heterocycles. The lowest BCUT2D eigenvalue weighted by Gasteiger charge is -2.72. The van der Waals surface area contributed by atoms with Gasteiger partial charge in [-0.2, -0.15) is 0 Å². The lowest BCUT2D eigenvalue weighted by molar-refractivity contribution is -0.152. The molecule has 0 aromatic heterocycles. The fraction of sp³-hybridized carbons (Fsp3) is 0.625. The number of ether oxygens (including phenoxy) is 2. The van der Waals surface area contributed by atoms with Crippen LogP contribution in [0.25, 0.3) is 0 Å². The van der Waals surface area contributed by atoms with Crippen molar-refractivity contribution in [3.8, 4) is 5.75 Å². The largest absolute Gasteiger partial charge is 0.484 e. The Morgan fingerprint density at radius 2 is 2.00 bits per heavy atom. The van der Waals surface area contributed by atoms with Crippen molar-refractivity contribution in [2.45, 2.75) is 69.0 Å². The predicted molar refractivity (Wildman–Crippen MR) is 123 cm³/mol. The van der Waals surface area contributed by atoms with Crippen molar-refractivity contribution in [2.75, 3.05) is 19.8 Å². The highest BCUT2D eigenvalue weighted by Crippen LogP contribution is 2.61. The number of hydrogen-bond donors (Lipinski definition) is 2. The van der Waals surface area contributed by atoms with Gasteiger partial charge in [0.1, 0.15) is 11.6 Å². The smallest absolute Gasteiger partial charge is 0.310 e. The van der Waals surface area contributed by atoms with Gasteiger partial charge in [-0.1, -0.05) is 24.9 Å². The van der Waals surface area contributed by atoms with E-state index in [9.17, 15) is 14.0 Å². The second kappa shape index (κ2) is 9.22. The average Bonchev–Trinajstić information content (AvgIpc) is 2.73. The second-order valence-electron chi connectivity index (χ2n) is 9.68. The Bertz CT molecular complexity index is 936. The lowest BCUT2D eigenvalue weighted by Crippen LogP contribution is -2.86. The van der Waals surface area contributed by atoms with E-state index >= 15 is 0 Å². The molecule has 3 fully saturated rings. The maximum absolute atomic E-state index is 13.5. The van der Waals surface area contributed by atoms with Gasteiger partial charge < -0.3 is 20.1 Å². The molecular weight excluding hydrogens is 449 g/mol. The Balaban J connectivity index is 1.29. The Morgan fingerprint density at radius 3 is 2.67 bits per heavy atom. The molecule has 5 rings (SSSR count). The molecule has 9 heteroatoms. The monoisotopic (exact) mass is 479 g/mol. The number of rotatable bonds is 10. The summed E-state index contributed by atoms with van der Waals surface area (Å²) in [6, 6.07) is 4.09. The van der Waals surface area contributed by atoms with Crippen molar-refractivity contribution in [1.82, 2.24) is 10.6 Å². The number of aliphatic imine (C=N–C) groups is 1. The van der Waals surface area contributed by atoms with Crippen molar-refractivity contribution in [1.29, 1.82) is 0 Å². The summed E-state index contributed by atoms with van der Waals surface area (Å²) < 4.78 is 24.1. The zero-order valence-electron chi connectivity index (χ0n) is 19.1. The molecule has 3 aliphatic carbocycles. The van der Waals surface area contributed by atoms with E-state index in [-0.39, 0.29) is 51.8 Å². The van der Waals surface area contributed by atoms with Crippen LogP contribution in [0.4, 0.5) is 4.39 Å². The topological polar surface area (TPSA) is 89.0 Å². The minimum atomic E-state index is -0.584. The SMILES string of the molecule is CCCC1(NC23CC(NC(=O)COc4ccc(Cl)c(F)c4)(C2)C3)C=NCC(C(=O)OCC)C1. The molecule has 1 amide bonds. The summed E-state index contributed by atoms with van der Waals surface area (Å²) in [6.45, 7) is 4.60. The van der Waals surface area contributed by atoms with Crippen LogP contribution in [-0.2, 0) is 14.3 Å². The molecular formula is C24H31ClFN3O4. The maximum atomic E-state index is 13.5. The van der Waals surface area contributed by atoms with E-state index < -0.39 is 5.82 Å². The molecule has 0 radical (unpaired) electrons. The standard InChI is InChI=1S/C24H31ClFN3O4/c1-3-7-22(9-16(10-27-15-22)21(31)32-4-2)29-24-12-23(13-24,14-24)28-20(30)11-33-17-5-6-18(25)19(26)8-17/h5-6,8,15-16,29H,3-4,7,9-14H2,1-2H3,(H,28,30). The maximum Gasteiger partial charge on any atom is 0.310 e. The molecule has 2 atom stereocenters. The Hall–Kier alpha value is -2.19. The summed E-state index contributed by atoms with van der Waals surface area (Å²) in [6.07, 6.45) is 6.99. The average molecular weight is 480 g/mol. The van der Waals surface area contributed by atoms with Gasteiger partial charge in [-0.25, -0.2) is 4.39 Å². The molecule has 0 spiro atoms. The van der Waals surface area contributed by atoms with Gasteiger partial charge in [0.15, 0.2) is 6.61 Å². The molecule has 4 aliphatic rings. The van der Waals surface area contributed by atoms with Gasteiger partial charge in [-0.3, -0.25) is 14.6 Å². The van der Waals surface area contributed by atoms with Crippen LogP contribution in [0.5, 0.6) is 5.75 Å².